The van der Waals surface area contributed by atoms with Crippen molar-refractivity contribution in [2.75, 3.05) is 18.0 Å². The zero-order valence-corrected chi connectivity index (χ0v) is 9.92. The molecule has 0 aliphatic heterocycles. The summed E-state index contributed by atoms with van der Waals surface area (Å²) in [4.78, 5) is 7.88. The number of rotatable bonds is 4. The first-order valence-corrected chi connectivity index (χ1v) is 6.09. The summed E-state index contributed by atoms with van der Waals surface area (Å²) >= 11 is 1.65. The Morgan fingerprint density at radius 3 is 2.80 bits per heavy atom. The highest BCUT2D eigenvalue weighted by atomic mass is 32.1. The molecule has 0 unspecified atom stereocenters. The minimum Gasteiger partial charge on any atom is -0.356 e. The standard InChI is InChI=1S/C10H16N4S/c1-3-13(4-2)9-8(7-11)14-5-6-15-10(14)12-9/h5-6H,3-4,7,11H2,1-2H3. The molecule has 0 radical (unpaired) electrons. The molecule has 0 bridgehead atoms. The van der Waals surface area contributed by atoms with Crippen molar-refractivity contribution in [2.24, 2.45) is 5.73 Å². The Bertz CT molecular complexity index is 441. The summed E-state index contributed by atoms with van der Waals surface area (Å²) in [6.45, 7) is 6.74. The van der Waals surface area contributed by atoms with E-state index in [0.29, 0.717) is 6.54 Å². The van der Waals surface area contributed by atoms with E-state index < -0.39 is 0 Å². The second kappa shape index (κ2) is 4.20. The molecule has 15 heavy (non-hydrogen) atoms. The molecule has 2 aromatic rings. The van der Waals surface area contributed by atoms with Crippen LogP contribution < -0.4 is 10.6 Å². The molecule has 0 aromatic carbocycles. The molecule has 2 rings (SSSR count). The van der Waals surface area contributed by atoms with Gasteiger partial charge in [-0.25, -0.2) is 4.98 Å². The van der Waals surface area contributed by atoms with Crippen LogP contribution in [0.15, 0.2) is 11.6 Å². The van der Waals surface area contributed by atoms with Crippen molar-refractivity contribution in [2.45, 2.75) is 20.4 Å². The number of hydrogen-bond donors (Lipinski definition) is 1. The van der Waals surface area contributed by atoms with E-state index in [9.17, 15) is 0 Å². The SMILES string of the molecule is CCN(CC)c1nc2sccn2c1CN. The number of aromatic nitrogens is 2. The quantitative estimate of drug-likeness (QED) is 0.860. The molecule has 0 atom stereocenters. The average Bonchev–Trinajstić information content (AvgIpc) is 2.79. The van der Waals surface area contributed by atoms with Crippen LogP contribution in [-0.2, 0) is 6.54 Å². The van der Waals surface area contributed by atoms with Gasteiger partial charge in [0.05, 0.1) is 5.69 Å². The second-order valence-electron chi connectivity index (χ2n) is 3.31. The Morgan fingerprint density at radius 1 is 1.47 bits per heavy atom. The fraction of sp³-hybridized carbons (Fsp3) is 0.500. The van der Waals surface area contributed by atoms with Gasteiger partial charge in [-0.15, -0.1) is 11.3 Å². The third kappa shape index (κ3) is 1.61. The lowest BCUT2D eigenvalue weighted by atomic mass is 10.3. The molecular weight excluding hydrogens is 208 g/mol. The molecule has 5 heteroatoms. The van der Waals surface area contributed by atoms with E-state index in [4.69, 9.17) is 5.73 Å². The van der Waals surface area contributed by atoms with Gasteiger partial charge < -0.3 is 10.6 Å². The highest BCUT2D eigenvalue weighted by Crippen LogP contribution is 2.23. The first-order chi connectivity index (χ1) is 7.31. The number of fused-ring (bicyclic) bond motifs is 1. The van der Waals surface area contributed by atoms with Gasteiger partial charge in [0.1, 0.15) is 0 Å². The molecule has 0 saturated heterocycles. The van der Waals surface area contributed by atoms with E-state index in [-0.39, 0.29) is 0 Å². The maximum absolute atomic E-state index is 5.78. The molecule has 2 heterocycles. The van der Waals surface area contributed by atoms with Gasteiger partial charge in [-0.2, -0.15) is 0 Å². The second-order valence-corrected chi connectivity index (χ2v) is 4.19. The highest BCUT2D eigenvalue weighted by Gasteiger charge is 2.15. The zero-order chi connectivity index (χ0) is 10.8. The molecule has 0 fully saturated rings. The summed E-state index contributed by atoms with van der Waals surface area (Å²) in [6.07, 6.45) is 2.03. The van der Waals surface area contributed by atoms with Gasteiger partial charge >= 0.3 is 0 Å². The predicted octanol–water partition coefficient (Wildman–Crippen LogP) is 1.70. The normalized spacial score (nSPS) is 11.1. The van der Waals surface area contributed by atoms with Gasteiger partial charge in [0, 0.05) is 31.2 Å². The smallest absolute Gasteiger partial charge is 0.195 e. The number of imidazole rings is 1. The van der Waals surface area contributed by atoms with E-state index in [1.807, 2.05) is 11.6 Å². The molecule has 82 valence electrons. The molecule has 2 aromatic heterocycles. The van der Waals surface area contributed by atoms with Crippen LogP contribution in [0.25, 0.3) is 4.96 Å². The molecule has 0 aliphatic carbocycles. The molecule has 2 N–H and O–H groups in total. The third-order valence-electron chi connectivity index (χ3n) is 2.60. The predicted molar refractivity (Wildman–Crippen MR) is 64.5 cm³/mol. The summed E-state index contributed by atoms with van der Waals surface area (Å²) in [5, 5.41) is 2.04. The van der Waals surface area contributed by atoms with Crippen molar-refractivity contribution in [3.63, 3.8) is 0 Å². The van der Waals surface area contributed by atoms with Crippen LogP contribution in [0, 0.1) is 0 Å². The minimum absolute atomic E-state index is 0.531. The molecule has 0 saturated carbocycles. The first-order valence-electron chi connectivity index (χ1n) is 5.21. The number of hydrogen-bond acceptors (Lipinski definition) is 4. The Balaban J connectivity index is 2.53. The van der Waals surface area contributed by atoms with Crippen molar-refractivity contribution >= 4 is 22.1 Å². The van der Waals surface area contributed by atoms with E-state index in [1.165, 1.54) is 0 Å². The Hall–Kier alpha value is -1.07. The lowest BCUT2D eigenvalue weighted by Gasteiger charge is -2.19. The Kier molecular flexibility index (Phi) is 2.93. The van der Waals surface area contributed by atoms with E-state index in [0.717, 1.165) is 29.6 Å². The Morgan fingerprint density at radius 2 is 2.20 bits per heavy atom. The molecule has 0 amide bonds. The fourth-order valence-corrected chi connectivity index (χ4v) is 2.52. The van der Waals surface area contributed by atoms with Gasteiger partial charge in [-0.05, 0) is 13.8 Å². The average molecular weight is 224 g/mol. The van der Waals surface area contributed by atoms with Crippen LogP contribution >= 0.6 is 11.3 Å². The number of nitrogens with two attached hydrogens (primary N) is 1. The van der Waals surface area contributed by atoms with Crippen LogP contribution in [0.1, 0.15) is 19.5 Å². The van der Waals surface area contributed by atoms with Crippen molar-refractivity contribution in [1.29, 1.82) is 0 Å². The van der Waals surface area contributed by atoms with Gasteiger partial charge in [0.15, 0.2) is 10.8 Å². The lowest BCUT2D eigenvalue weighted by molar-refractivity contribution is 0.832. The first kappa shape index (κ1) is 10.4. The maximum atomic E-state index is 5.78. The summed E-state index contributed by atoms with van der Waals surface area (Å²) in [6, 6.07) is 0. The molecule has 0 spiro atoms. The largest absolute Gasteiger partial charge is 0.356 e. The summed E-state index contributed by atoms with van der Waals surface area (Å²) in [5.74, 6) is 1.04. The minimum atomic E-state index is 0.531. The molecular formula is C10H16N4S. The van der Waals surface area contributed by atoms with E-state index >= 15 is 0 Å². The van der Waals surface area contributed by atoms with Crippen LogP contribution in [0.5, 0.6) is 0 Å². The third-order valence-corrected chi connectivity index (χ3v) is 3.35. The highest BCUT2D eigenvalue weighted by molar-refractivity contribution is 7.15. The van der Waals surface area contributed by atoms with Crippen molar-refractivity contribution in [3.8, 4) is 0 Å². The Labute approximate surface area is 93.3 Å². The van der Waals surface area contributed by atoms with Gasteiger partial charge in [0.25, 0.3) is 0 Å². The van der Waals surface area contributed by atoms with Gasteiger partial charge in [-0.3, -0.25) is 4.40 Å². The fourth-order valence-electron chi connectivity index (χ4n) is 1.79. The zero-order valence-electron chi connectivity index (χ0n) is 9.10. The van der Waals surface area contributed by atoms with Gasteiger partial charge in [0.2, 0.25) is 0 Å². The van der Waals surface area contributed by atoms with Crippen molar-refractivity contribution < 1.29 is 0 Å². The van der Waals surface area contributed by atoms with Gasteiger partial charge in [-0.1, -0.05) is 0 Å². The summed E-state index contributed by atoms with van der Waals surface area (Å²) in [5.41, 5.74) is 6.89. The molecule has 4 nitrogen and oxygen atoms in total. The number of anilines is 1. The topological polar surface area (TPSA) is 46.6 Å². The van der Waals surface area contributed by atoms with Crippen LogP contribution in [-0.4, -0.2) is 22.5 Å². The van der Waals surface area contributed by atoms with E-state index in [2.05, 4.69) is 28.1 Å². The van der Waals surface area contributed by atoms with Crippen LogP contribution in [0.4, 0.5) is 5.82 Å². The van der Waals surface area contributed by atoms with Crippen LogP contribution in [0.2, 0.25) is 0 Å². The summed E-state index contributed by atoms with van der Waals surface area (Å²) < 4.78 is 2.08. The van der Waals surface area contributed by atoms with E-state index in [1.54, 1.807) is 11.3 Å². The number of nitrogens with zero attached hydrogens (tertiary/aromatic N) is 3. The lowest BCUT2D eigenvalue weighted by Crippen LogP contribution is -2.24. The maximum Gasteiger partial charge on any atom is 0.195 e. The number of thiazole rings is 1. The van der Waals surface area contributed by atoms with Crippen molar-refractivity contribution in [3.05, 3.63) is 17.3 Å². The van der Waals surface area contributed by atoms with Crippen LogP contribution in [0.3, 0.4) is 0 Å². The summed E-state index contributed by atoms with van der Waals surface area (Å²) in [7, 11) is 0. The molecule has 0 aliphatic rings. The van der Waals surface area contributed by atoms with Crippen molar-refractivity contribution in [1.82, 2.24) is 9.38 Å². The monoisotopic (exact) mass is 224 g/mol.